The van der Waals surface area contributed by atoms with Gasteiger partial charge < -0.3 is 0 Å². The maximum atomic E-state index is 12.0. The second kappa shape index (κ2) is 5.93. The van der Waals surface area contributed by atoms with Crippen LogP contribution in [0, 0.1) is 18.9 Å². The number of hydrogen-bond acceptors (Lipinski definition) is 1. The van der Waals surface area contributed by atoms with E-state index in [0.717, 1.165) is 5.56 Å². The van der Waals surface area contributed by atoms with Crippen LogP contribution in [-0.2, 0) is 16.3 Å². The van der Waals surface area contributed by atoms with Gasteiger partial charge in [0.25, 0.3) is 0 Å². The van der Waals surface area contributed by atoms with Crippen LogP contribution in [0.1, 0.15) is 5.56 Å². The van der Waals surface area contributed by atoms with E-state index in [1.165, 1.54) is 28.6 Å². The third kappa shape index (κ3) is 4.07. The molecule has 0 aliphatic carbocycles. The molecule has 0 radical (unpaired) electrons. The van der Waals surface area contributed by atoms with Crippen LogP contribution >= 0.6 is 13.6 Å². The van der Waals surface area contributed by atoms with Gasteiger partial charge in [-0.15, -0.1) is 0 Å². The minimum absolute atomic E-state index is 0.443. The molecule has 0 saturated heterocycles. The first-order valence-electron chi connectivity index (χ1n) is 2.55. The Balaban J connectivity index is 0.000000371. The molecule has 0 aliphatic heterocycles. The van der Waals surface area contributed by atoms with Gasteiger partial charge in [0.15, 0.2) is 0 Å². The number of hydrogen-bond donors (Lipinski definition) is 0. The van der Waals surface area contributed by atoms with Gasteiger partial charge in [-0.3, -0.25) is 4.98 Å². The summed E-state index contributed by atoms with van der Waals surface area (Å²) in [6, 6.07) is 4.05. The standard InChI is InChI=1S/C6H5FN.BrH.Zn/c1-5-2-3-8-6(7)4-5;;/h3-4H,1H3;1H;/q-1;;+2/p-1. The van der Waals surface area contributed by atoms with Gasteiger partial charge in [-0.1, -0.05) is 13.1 Å². The molecular weight excluding hydrogens is 250 g/mol. The summed E-state index contributed by atoms with van der Waals surface area (Å²) in [5.74, 6) is -0.443. The first-order valence-corrected chi connectivity index (χ1v) is 9.50. The monoisotopic (exact) mass is 253 g/mol. The topological polar surface area (TPSA) is 12.9 Å². The molecule has 50 valence electrons. The van der Waals surface area contributed by atoms with E-state index >= 15 is 0 Å². The van der Waals surface area contributed by atoms with Crippen LogP contribution in [0.2, 0.25) is 0 Å². The molecule has 0 amide bonds. The van der Waals surface area contributed by atoms with E-state index in [1.807, 2.05) is 0 Å². The Kier molecular flexibility index (Phi) is 6.04. The van der Waals surface area contributed by atoms with Gasteiger partial charge in [0.2, 0.25) is 0 Å². The second-order valence-electron chi connectivity index (χ2n) is 1.55. The van der Waals surface area contributed by atoms with Crippen molar-refractivity contribution in [2.45, 2.75) is 6.92 Å². The van der Waals surface area contributed by atoms with Crippen molar-refractivity contribution < 1.29 is 20.7 Å². The molecule has 0 aromatic carbocycles. The molecule has 1 aromatic heterocycles. The molecule has 4 heteroatoms. The first kappa shape index (κ1) is 10.2. The van der Waals surface area contributed by atoms with Crippen molar-refractivity contribution in [1.29, 1.82) is 0 Å². The van der Waals surface area contributed by atoms with Crippen LogP contribution in [0.25, 0.3) is 0 Å². The molecule has 0 aliphatic rings. The van der Waals surface area contributed by atoms with E-state index in [9.17, 15) is 4.39 Å². The van der Waals surface area contributed by atoms with E-state index in [1.54, 1.807) is 6.92 Å². The zero-order valence-corrected chi connectivity index (χ0v) is 10.1. The molecule has 0 N–H and O–H groups in total. The van der Waals surface area contributed by atoms with Crippen molar-refractivity contribution in [2.24, 2.45) is 0 Å². The van der Waals surface area contributed by atoms with Crippen molar-refractivity contribution in [2.75, 3.05) is 0 Å². The van der Waals surface area contributed by atoms with Gasteiger partial charge in [-0.05, 0) is 0 Å². The molecule has 10 heavy (non-hydrogen) atoms. The zero-order chi connectivity index (χ0) is 7.98. The van der Waals surface area contributed by atoms with Gasteiger partial charge in [-0.2, -0.15) is 6.07 Å². The molecule has 0 unspecified atom stereocenters. The maximum absolute atomic E-state index is 12.0. The van der Waals surface area contributed by atoms with Gasteiger partial charge in [-0.25, -0.2) is 16.0 Å². The molecule has 0 atom stereocenters. The third-order valence-electron chi connectivity index (χ3n) is 0.816. The molecule has 0 fully saturated rings. The molecule has 1 rings (SSSR count). The Bertz CT molecular complexity index is 178. The fourth-order valence-corrected chi connectivity index (χ4v) is 0.453. The van der Waals surface area contributed by atoms with Gasteiger partial charge >= 0.3 is 30.0 Å². The Morgan fingerprint density at radius 2 is 2.30 bits per heavy atom. The molecule has 1 aromatic rings. The summed E-state index contributed by atoms with van der Waals surface area (Å²) in [7, 11) is 0. The van der Waals surface area contributed by atoms with Crippen LogP contribution in [0.5, 0.6) is 0 Å². The summed E-state index contributed by atoms with van der Waals surface area (Å²) in [6.07, 6.45) is 1.32. The molecule has 0 saturated carbocycles. The van der Waals surface area contributed by atoms with Crippen LogP contribution in [-0.4, -0.2) is 4.98 Å². The molecule has 1 nitrogen and oxygen atoms in total. The fraction of sp³-hybridized carbons (Fsp3) is 0.167. The average molecular weight is 255 g/mol. The summed E-state index contributed by atoms with van der Waals surface area (Å²) in [6.45, 7) is 1.77. The predicted octanol–water partition coefficient (Wildman–Crippen LogP) is 2.17. The Morgan fingerprint density at radius 1 is 1.70 bits per heavy atom. The van der Waals surface area contributed by atoms with Crippen LogP contribution in [0.3, 0.4) is 0 Å². The zero-order valence-electron chi connectivity index (χ0n) is 5.56. The van der Waals surface area contributed by atoms with Crippen molar-refractivity contribution in [3.63, 3.8) is 0 Å². The van der Waals surface area contributed by atoms with Gasteiger partial charge in [0.05, 0.1) is 0 Å². The summed E-state index contributed by atoms with van der Waals surface area (Å²) < 4.78 is 12.0. The third-order valence-corrected chi connectivity index (χ3v) is 0.816. The average Bonchev–Trinajstić information content (AvgIpc) is 1.91. The summed E-state index contributed by atoms with van der Waals surface area (Å²) in [4.78, 5) is 3.32. The van der Waals surface area contributed by atoms with Crippen molar-refractivity contribution >= 4 is 13.6 Å². The van der Waals surface area contributed by atoms with E-state index in [-0.39, 0.29) is 0 Å². The number of pyridine rings is 1. The number of halogens is 2. The van der Waals surface area contributed by atoms with Gasteiger partial charge in [0.1, 0.15) is 5.95 Å². The Hall–Kier alpha value is 0.183. The number of nitrogens with zero attached hydrogens (tertiary/aromatic N) is 1. The Morgan fingerprint density at radius 3 is 2.60 bits per heavy atom. The van der Waals surface area contributed by atoms with E-state index in [2.05, 4.69) is 24.7 Å². The Labute approximate surface area is 76.1 Å². The summed E-state index contributed by atoms with van der Waals surface area (Å²) >= 11 is 4.25. The molecule has 0 spiro atoms. The number of rotatable bonds is 0. The van der Waals surface area contributed by atoms with Crippen LogP contribution in [0.4, 0.5) is 4.39 Å². The predicted molar refractivity (Wildman–Crippen MR) is 36.7 cm³/mol. The number of aromatic nitrogens is 1. The van der Waals surface area contributed by atoms with Crippen LogP contribution < -0.4 is 0 Å². The molecule has 0 bridgehead atoms. The van der Waals surface area contributed by atoms with E-state index in [0.29, 0.717) is 0 Å². The van der Waals surface area contributed by atoms with Crippen molar-refractivity contribution in [3.05, 3.63) is 29.8 Å². The minimum atomic E-state index is -0.443. The van der Waals surface area contributed by atoms with Crippen LogP contribution in [0.15, 0.2) is 12.3 Å². The fourth-order valence-electron chi connectivity index (χ4n) is 0.453. The second-order valence-corrected chi connectivity index (χ2v) is 1.55. The van der Waals surface area contributed by atoms with Crippen molar-refractivity contribution in [3.8, 4) is 0 Å². The first-order chi connectivity index (χ1) is 4.79. The normalized spacial score (nSPS) is 8.10. The van der Waals surface area contributed by atoms with E-state index in [4.69, 9.17) is 0 Å². The molecule has 1 heterocycles. The quantitative estimate of drug-likeness (QED) is 0.393. The summed E-state index contributed by atoms with van der Waals surface area (Å²) in [5, 5.41) is 0. The van der Waals surface area contributed by atoms with Crippen molar-refractivity contribution in [1.82, 2.24) is 4.98 Å². The number of aryl methyl sites for hydroxylation is 1. The molecular formula is C6H5BrFNZn. The SMILES string of the molecule is Cc1[c-]cnc(F)c1.[Zn+][Br]. The van der Waals surface area contributed by atoms with E-state index < -0.39 is 5.95 Å². The van der Waals surface area contributed by atoms with Gasteiger partial charge in [0, 0.05) is 0 Å². The summed E-state index contributed by atoms with van der Waals surface area (Å²) in [5.41, 5.74) is 0.775.